The number of fused-ring (bicyclic) bond motifs is 1. The molecule has 0 spiro atoms. The van der Waals surface area contributed by atoms with Crippen molar-refractivity contribution in [2.24, 2.45) is 0 Å². The molecular formula is C21H21NO8. The fourth-order valence-corrected chi connectivity index (χ4v) is 2.56. The molecule has 0 saturated heterocycles. The van der Waals surface area contributed by atoms with Gasteiger partial charge in [0.2, 0.25) is 0 Å². The summed E-state index contributed by atoms with van der Waals surface area (Å²) in [5, 5.41) is 10.1. The Morgan fingerprint density at radius 2 is 1.63 bits per heavy atom. The number of esters is 2. The maximum Gasteiger partial charge on any atom is 0.308 e. The first kappa shape index (κ1) is 22.5. The fraction of sp³-hybridized carbons (Fsp3) is 0.286. The maximum atomic E-state index is 12.0. The SMILES string of the molecule is CCC(=O)c1cc(OC(C)=O)c(C)c(C)c1OC(C)=O.O=[N+]([O-])c1ccc2c(c1)O2. The number of Topliss-reactive ketones (excluding diaryl/α,β-unsaturated/α-hetero) is 1. The van der Waals surface area contributed by atoms with Crippen LogP contribution in [0.2, 0.25) is 0 Å². The molecule has 0 bridgehead atoms. The van der Waals surface area contributed by atoms with E-state index >= 15 is 0 Å². The van der Waals surface area contributed by atoms with Gasteiger partial charge < -0.3 is 14.2 Å². The Balaban J connectivity index is 0.000000263. The molecule has 158 valence electrons. The third kappa shape index (κ3) is 5.40. The van der Waals surface area contributed by atoms with E-state index in [9.17, 15) is 24.5 Å². The monoisotopic (exact) mass is 415 g/mol. The van der Waals surface area contributed by atoms with E-state index in [1.54, 1.807) is 26.8 Å². The number of non-ortho nitro benzene ring substituents is 1. The summed E-state index contributed by atoms with van der Waals surface area (Å²) < 4.78 is 15.1. The van der Waals surface area contributed by atoms with Crippen LogP contribution in [-0.4, -0.2) is 22.6 Å². The number of ketones is 1. The number of ether oxygens (including phenoxy) is 3. The van der Waals surface area contributed by atoms with Crippen LogP contribution in [0.1, 0.15) is 48.7 Å². The van der Waals surface area contributed by atoms with E-state index in [0.29, 0.717) is 22.6 Å². The smallest absolute Gasteiger partial charge is 0.308 e. The third-order valence-corrected chi connectivity index (χ3v) is 4.23. The second-order valence-corrected chi connectivity index (χ2v) is 6.46. The van der Waals surface area contributed by atoms with Gasteiger partial charge in [-0.3, -0.25) is 24.5 Å². The first-order valence-corrected chi connectivity index (χ1v) is 9.05. The van der Waals surface area contributed by atoms with Gasteiger partial charge in [-0.2, -0.15) is 0 Å². The lowest BCUT2D eigenvalue weighted by molar-refractivity contribution is -0.384. The number of benzene rings is 2. The molecule has 0 unspecified atom stereocenters. The van der Waals surface area contributed by atoms with Gasteiger partial charge >= 0.3 is 11.9 Å². The lowest BCUT2D eigenvalue weighted by Gasteiger charge is -2.16. The highest BCUT2D eigenvalue weighted by Crippen LogP contribution is 2.46. The molecule has 0 N–H and O–H groups in total. The van der Waals surface area contributed by atoms with Gasteiger partial charge in [0.25, 0.3) is 5.69 Å². The number of hydrogen-bond donors (Lipinski definition) is 0. The van der Waals surface area contributed by atoms with Crippen LogP contribution in [0.3, 0.4) is 0 Å². The van der Waals surface area contributed by atoms with Gasteiger partial charge in [-0.05, 0) is 37.1 Å². The van der Waals surface area contributed by atoms with Crippen LogP contribution in [0.5, 0.6) is 23.0 Å². The summed E-state index contributed by atoms with van der Waals surface area (Å²) in [6.07, 6.45) is 0.260. The van der Waals surface area contributed by atoms with E-state index in [1.165, 1.54) is 32.0 Å². The molecule has 9 nitrogen and oxygen atoms in total. The van der Waals surface area contributed by atoms with Gasteiger partial charge in [-0.1, -0.05) is 6.92 Å². The molecular weight excluding hydrogens is 394 g/mol. The van der Waals surface area contributed by atoms with Crippen molar-refractivity contribution in [1.29, 1.82) is 0 Å². The second-order valence-electron chi connectivity index (χ2n) is 6.46. The number of hydrogen-bond acceptors (Lipinski definition) is 8. The van der Waals surface area contributed by atoms with Crippen molar-refractivity contribution >= 4 is 23.4 Å². The zero-order valence-electron chi connectivity index (χ0n) is 17.2. The summed E-state index contributed by atoms with van der Waals surface area (Å²) in [4.78, 5) is 44.0. The number of nitrogens with zero attached hydrogens (tertiary/aromatic N) is 1. The summed E-state index contributed by atoms with van der Waals surface area (Å²) in [5.74, 6) is 0.749. The molecule has 30 heavy (non-hydrogen) atoms. The lowest BCUT2D eigenvalue weighted by atomic mass is 9.99. The molecule has 0 aliphatic carbocycles. The largest absolute Gasteiger partial charge is 0.449 e. The van der Waals surface area contributed by atoms with Crippen LogP contribution in [0.25, 0.3) is 0 Å². The molecule has 0 radical (unpaired) electrons. The van der Waals surface area contributed by atoms with Crippen molar-refractivity contribution in [2.75, 3.05) is 0 Å². The topological polar surface area (TPSA) is 125 Å². The molecule has 1 aliphatic rings. The minimum atomic E-state index is -0.502. The third-order valence-electron chi connectivity index (χ3n) is 4.23. The molecule has 3 rings (SSSR count). The molecule has 9 heteroatoms. The Hall–Kier alpha value is -3.75. The summed E-state index contributed by atoms with van der Waals surface area (Å²) in [6, 6.07) is 5.88. The van der Waals surface area contributed by atoms with E-state index in [4.69, 9.17) is 14.2 Å². The van der Waals surface area contributed by atoms with Crippen LogP contribution >= 0.6 is 0 Å². The highest BCUT2D eigenvalue weighted by Gasteiger charge is 2.23. The minimum Gasteiger partial charge on any atom is -0.449 e. The van der Waals surface area contributed by atoms with Gasteiger partial charge in [-0.15, -0.1) is 0 Å². The van der Waals surface area contributed by atoms with Crippen molar-refractivity contribution in [3.63, 3.8) is 0 Å². The van der Waals surface area contributed by atoms with Crippen LogP contribution < -0.4 is 14.2 Å². The average Bonchev–Trinajstić information content (AvgIpc) is 3.45. The van der Waals surface area contributed by atoms with Gasteiger partial charge in [-0.25, -0.2) is 0 Å². The van der Waals surface area contributed by atoms with Crippen molar-refractivity contribution < 1.29 is 33.5 Å². The van der Waals surface area contributed by atoms with Crippen LogP contribution in [-0.2, 0) is 9.59 Å². The molecule has 0 aromatic heterocycles. The van der Waals surface area contributed by atoms with E-state index < -0.39 is 16.9 Å². The summed E-state index contributed by atoms with van der Waals surface area (Å²) >= 11 is 0. The van der Waals surface area contributed by atoms with E-state index in [0.717, 1.165) is 5.75 Å². The molecule has 0 amide bonds. The number of nitro groups is 1. The van der Waals surface area contributed by atoms with E-state index in [-0.39, 0.29) is 29.2 Å². The first-order valence-electron chi connectivity index (χ1n) is 9.05. The van der Waals surface area contributed by atoms with Gasteiger partial charge in [0.05, 0.1) is 16.6 Å². The van der Waals surface area contributed by atoms with Crippen LogP contribution in [0.15, 0.2) is 24.3 Å². The van der Waals surface area contributed by atoms with Crippen molar-refractivity contribution in [1.82, 2.24) is 0 Å². The average molecular weight is 415 g/mol. The predicted octanol–water partition coefficient (Wildman–Crippen LogP) is 4.45. The molecule has 1 aliphatic heterocycles. The number of carbonyl (C=O) groups is 3. The molecule has 0 fully saturated rings. The highest BCUT2D eigenvalue weighted by atomic mass is 16.6. The Morgan fingerprint density at radius 3 is 2.13 bits per heavy atom. The second kappa shape index (κ2) is 9.17. The Labute approximate surface area is 172 Å². The number of nitro benzene ring substituents is 1. The van der Waals surface area contributed by atoms with E-state index in [2.05, 4.69) is 0 Å². The lowest BCUT2D eigenvalue weighted by Crippen LogP contribution is -2.12. The van der Waals surface area contributed by atoms with E-state index in [1.807, 2.05) is 0 Å². The molecule has 2 aromatic carbocycles. The number of rotatable bonds is 5. The zero-order valence-corrected chi connectivity index (χ0v) is 17.2. The molecule has 0 atom stereocenters. The van der Waals surface area contributed by atoms with Gasteiger partial charge in [0.15, 0.2) is 17.3 Å². The fourth-order valence-electron chi connectivity index (χ4n) is 2.56. The summed E-state index contributed by atoms with van der Waals surface area (Å²) in [5.41, 5.74) is 1.60. The molecule has 0 saturated carbocycles. The highest BCUT2D eigenvalue weighted by molar-refractivity contribution is 6.00. The minimum absolute atomic E-state index is 0.0799. The molecule has 1 heterocycles. The van der Waals surface area contributed by atoms with Crippen molar-refractivity contribution in [3.8, 4) is 23.0 Å². The Bertz CT molecular complexity index is 1040. The van der Waals surface area contributed by atoms with Gasteiger partial charge in [0.1, 0.15) is 11.5 Å². The normalized spacial score (nSPS) is 10.6. The Morgan fingerprint density at radius 1 is 1.00 bits per heavy atom. The van der Waals surface area contributed by atoms with Crippen LogP contribution in [0.4, 0.5) is 5.69 Å². The standard InChI is InChI=1S/C15H18O5.C6H3NO3/c1-6-13(18)12-7-14(19-10(4)16)8(2)9(3)15(12)20-11(5)17;8-7(9)4-1-2-5-6(3-4)10-5/h7H,6H2,1-5H3;1-3H. The molecule has 2 aromatic rings. The maximum absolute atomic E-state index is 12.0. The van der Waals surface area contributed by atoms with Gasteiger partial charge in [0, 0.05) is 26.3 Å². The quantitative estimate of drug-likeness (QED) is 0.149. The van der Waals surface area contributed by atoms with Crippen molar-refractivity contribution in [2.45, 2.75) is 41.0 Å². The van der Waals surface area contributed by atoms with Crippen LogP contribution in [0, 0.1) is 24.0 Å². The summed E-state index contributed by atoms with van der Waals surface area (Å²) in [7, 11) is 0. The summed E-state index contributed by atoms with van der Waals surface area (Å²) in [6.45, 7) is 7.72. The predicted molar refractivity (Wildman–Crippen MR) is 106 cm³/mol. The first-order chi connectivity index (χ1) is 14.0. The Kier molecular flexibility index (Phi) is 6.89. The number of carbonyl (C=O) groups excluding carboxylic acids is 3. The van der Waals surface area contributed by atoms with Crippen molar-refractivity contribution in [3.05, 3.63) is 51.1 Å². The zero-order chi connectivity index (χ0) is 22.6.